The summed E-state index contributed by atoms with van der Waals surface area (Å²) in [6.45, 7) is 1.29. The predicted octanol–water partition coefficient (Wildman–Crippen LogP) is 2.50. The molecular weight excluding hydrogens is 266 g/mol. The second kappa shape index (κ2) is 6.31. The summed E-state index contributed by atoms with van der Waals surface area (Å²) in [5, 5.41) is 0. The number of benzene rings is 2. The fourth-order valence-corrected chi connectivity index (χ4v) is 2.35. The van der Waals surface area contributed by atoms with Crippen LogP contribution < -0.4 is 9.64 Å². The monoisotopic (exact) mass is 283 g/mol. The number of ether oxygens (including phenoxy) is 2. The molecule has 1 saturated heterocycles. The molecule has 0 bridgehead atoms. The molecule has 0 saturated carbocycles. The number of cyclic esters (lactones) is 1. The highest BCUT2D eigenvalue weighted by Crippen LogP contribution is 2.18. The number of nitrogens with zero attached hydrogens (tertiary/aromatic N) is 1. The smallest absolute Gasteiger partial charge is 0.326 e. The first-order valence-electron chi connectivity index (χ1n) is 6.98. The Kier molecular flexibility index (Phi) is 4.05. The van der Waals surface area contributed by atoms with Gasteiger partial charge < -0.3 is 14.4 Å². The third kappa shape index (κ3) is 3.54. The minimum atomic E-state index is -0.258. The van der Waals surface area contributed by atoms with Crippen molar-refractivity contribution in [3.8, 4) is 5.75 Å². The summed E-state index contributed by atoms with van der Waals surface area (Å²) in [4.78, 5) is 13.8. The third-order valence-corrected chi connectivity index (χ3v) is 3.34. The summed E-state index contributed by atoms with van der Waals surface area (Å²) in [5.41, 5.74) is 1.03. The van der Waals surface area contributed by atoms with Crippen molar-refractivity contribution in [2.75, 3.05) is 24.6 Å². The molecule has 1 unspecified atom stereocenters. The molecule has 4 heteroatoms. The van der Waals surface area contributed by atoms with Gasteiger partial charge in [-0.2, -0.15) is 0 Å². The largest absolute Gasteiger partial charge is 0.490 e. The molecule has 0 N–H and O–H groups in total. The summed E-state index contributed by atoms with van der Waals surface area (Å²) in [6, 6.07) is 19.4. The molecule has 0 amide bonds. The molecule has 1 aliphatic rings. The number of carbonyl (C=O) groups is 1. The second-order valence-electron chi connectivity index (χ2n) is 4.95. The Bertz CT molecular complexity index is 585. The van der Waals surface area contributed by atoms with E-state index in [0.717, 1.165) is 11.4 Å². The number of morpholine rings is 1. The molecular formula is C17H17NO3. The molecule has 0 aliphatic carbocycles. The van der Waals surface area contributed by atoms with Crippen LogP contribution in [0.25, 0.3) is 0 Å². The Balaban J connectivity index is 1.62. The first-order valence-corrected chi connectivity index (χ1v) is 6.98. The average Bonchev–Trinajstić information content (AvgIpc) is 2.54. The number of hydrogen-bond donors (Lipinski definition) is 0. The average molecular weight is 283 g/mol. The van der Waals surface area contributed by atoms with Crippen LogP contribution in [0.2, 0.25) is 0 Å². The van der Waals surface area contributed by atoms with E-state index in [-0.39, 0.29) is 18.6 Å². The van der Waals surface area contributed by atoms with E-state index in [1.165, 1.54) is 0 Å². The molecule has 21 heavy (non-hydrogen) atoms. The molecule has 0 aromatic heterocycles. The highest BCUT2D eigenvalue weighted by molar-refractivity contribution is 5.77. The third-order valence-electron chi connectivity index (χ3n) is 3.34. The summed E-state index contributed by atoms with van der Waals surface area (Å²) in [7, 11) is 0. The number of esters is 1. The summed E-state index contributed by atoms with van der Waals surface area (Å²) in [5.74, 6) is 0.567. The van der Waals surface area contributed by atoms with Crippen molar-refractivity contribution in [2.24, 2.45) is 0 Å². The van der Waals surface area contributed by atoms with Gasteiger partial charge in [0.1, 0.15) is 18.9 Å². The predicted molar refractivity (Wildman–Crippen MR) is 80.5 cm³/mol. The Hall–Kier alpha value is -2.49. The highest BCUT2D eigenvalue weighted by Gasteiger charge is 2.27. The molecule has 1 aliphatic heterocycles. The van der Waals surface area contributed by atoms with Crippen LogP contribution in [-0.2, 0) is 9.53 Å². The van der Waals surface area contributed by atoms with Gasteiger partial charge in [0.25, 0.3) is 0 Å². The molecule has 108 valence electrons. The van der Waals surface area contributed by atoms with Crippen molar-refractivity contribution in [1.82, 2.24) is 0 Å². The van der Waals surface area contributed by atoms with Crippen molar-refractivity contribution in [2.45, 2.75) is 6.10 Å². The minimum Gasteiger partial charge on any atom is -0.490 e. The molecule has 4 nitrogen and oxygen atoms in total. The Morgan fingerprint density at radius 1 is 1.05 bits per heavy atom. The van der Waals surface area contributed by atoms with E-state index in [1.54, 1.807) is 0 Å². The van der Waals surface area contributed by atoms with Crippen molar-refractivity contribution in [1.29, 1.82) is 0 Å². The van der Waals surface area contributed by atoms with Crippen LogP contribution in [0.5, 0.6) is 5.75 Å². The lowest BCUT2D eigenvalue weighted by Crippen LogP contribution is -2.47. The van der Waals surface area contributed by atoms with Gasteiger partial charge in [-0.1, -0.05) is 36.4 Å². The maximum Gasteiger partial charge on any atom is 0.326 e. The van der Waals surface area contributed by atoms with Crippen LogP contribution in [0.3, 0.4) is 0 Å². The van der Waals surface area contributed by atoms with Crippen LogP contribution in [0, 0.1) is 0 Å². The normalized spacial score (nSPS) is 18.2. The van der Waals surface area contributed by atoms with E-state index in [2.05, 4.69) is 0 Å². The van der Waals surface area contributed by atoms with E-state index in [4.69, 9.17) is 9.47 Å². The summed E-state index contributed by atoms with van der Waals surface area (Å²) in [6.07, 6.45) is -0.258. The molecule has 1 atom stereocenters. The maximum atomic E-state index is 11.7. The van der Waals surface area contributed by atoms with Gasteiger partial charge in [0.2, 0.25) is 0 Å². The van der Waals surface area contributed by atoms with Crippen LogP contribution in [-0.4, -0.2) is 31.8 Å². The van der Waals surface area contributed by atoms with E-state index in [0.29, 0.717) is 13.2 Å². The zero-order valence-electron chi connectivity index (χ0n) is 11.6. The Morgan fingerprint density at radius 2 is 1.71 bits per heavy atom. The first-order chi connectivity index (χ1) is 10.3. The molecule has 0 spiro atoms. The van der Waals surface area contributed by atoms with Gasteiger partial charge >= 0.3 is 5.97 Å². The van der Waals surface area contributed by atoms with E-state index in [1.807, 2.05) is 65.6 Å². The number of anilines is 1. The van der Waals surface area contributed by atoms with Crippen LogP contribution in [0.4, 0.5) is 5.69 Å². The van der Waals surface area contributed by atoms with Gasteiger partial charge in [0.05, 0.1) is 6.54 Å². The quantitative estimate of drug-likeness (QED) is 0.808. The molecule has 1 fully saturated rings. The molecule has 2 aromatic carbocycles. The van der Waals surface area contributed by atoms with Gasteiger partial charge in [-0.05, 0) is 24.3 Å². The number of hydrogen-bond acceptors (Lipinski definition) is 4. The second-order valence-corrected chi connectivity index (χ2v) is 4.95. The Morgan fingerprint density at radius 3 is 2.43 bits per heavy atom. The Labute approximate surface area is 123 Å². The van der Waals surface area contributed by atoms with Gasteiger partial charge in [-0.25, -0.2) is 0 Å². The lowest BCUT2D eigenvalue weighted by molar-refractivity contribution is -0.151. The molecule has 2 aromatic rings. The van der Waals surface area contributed by atoms with Crippen molar-refractivity contribution >= 4 is 11.7 Å². The highest BCUT2D eigenvalue weighted by atomic mass is 16.6. The fourth-order valence-electron chi connectivity index (χ4n) is 2.35. The van der Waals surface area contributed by atoms with Crippen LogP contribution in [0.15, 0.2) is 60.7 Å². The van der Waals surface area contributed by atoms with Crippen molar-refractivity contribution < 1.29 is 14.3 Å². The standard InChI is InChI=1S/C17H17NO3/c19-17-12-18(14-7-3-1-4-8-14)11-16(21-17)13-20-15-9-5-2-6-10-15/h1-10,16H,11-13H2. The van der Waals surface area contributed by atoms with Gasteiger partial charge in [0.15, 0.2) is 6.10 Å². The zero-order chi connectivity index (χ0) is 14.5. The topological polar surface area (TPSA) is 38.8 Å². The number of carbonyl (C=O) groups excluding carboxylic acids is 1. The molecule has 0 radical (unpaired) electrons. The first kappa shape index (κ1) is 13.5. The van der Waals surface area contributed by atoms with E-state index in [9.17, 15) is 4.79 Å². The summed E-state index contributed by atoms with van der Waals surface area (Å²) >= 11 is 0. The molecule has 3 rings (SSSR count). The summed E-state index contributed by atoms with van der Waals surface area (Å²) < 4.78 is 11.0. The van der Waals surface area contributed by atoms with Gasteiger partial charge in [0, 0.05) is 5.69 Å². The van der Waals surface area contributed by atoms with Gasteiger partial charge in [-0.15, -0.1) is 0 Å². The lowest BCUT2D eigenvalue weighted by Gasteiger charge is -2.33. The molecule has 1 heterocycles. The zero-order valence-corrected chi connectivity index (χ0v) is 11.6. The fraction of sp³-hybridized carbons (Fsp3) is 0.235. The van der Waals surface area contributed by atoms with Crippen LogP contribution >= 0.6 is 0 Å². The van der Waals surface area contributed by atoms with E-state index < -0.39 is 0 Å². The number of para-hydroxylation sites is 2. The van der Waals surface area contributed by atoms with Crippen molar-refractivity contribution in [3.63, 3.8) is 0 Å². The SMILES string of the molecule is O=C1CN(c2ccccc2)CC(COc2ccccc2)O1. The van der Waals surface area contributed by atoms with Gasteiger partial charge in [-0.3, -0.25) is 4.79 Å². The number of rotatable bonds is 4. The maximum absolute atomic E-state index is 11.7. The van der Waals surface area contributed by atoms with Crippen LogP contribution in [0.1, 0.15) is 0 Å². The minimum absolute atomic E-state index is 0.216. The van der Waals surface area contributed by atoms with E-state index >= 15 is 0 Å². The lowest BCUT2D eigenvalue weighted by atomic mass is 10.2. The van der Waals surface area contributed by atoms with Crippen molar-refractivity contribution in [3.05, 3.63) is 60.7 Å².